The number of rotatable bonds is 6. The Labute approximate surface area is 122 Å². The van der Waals surface area contributed by atoms with Gasteiger partial charge in [0.15, 0.2) is 0 Å². The molecular formula is C13H21BrN2OS. The van der Waals surface area contributed by atoms with E-state index in [1.54, 1.807) is 0 Å². The molecule has 1 aliphatic rings. The molecule has 0 bridgehead atoms. The van der Waals surface area contributed by atoms with Crippen molar-refractivity contribution in [2.75, 3.05) is 39.4 Å². The number of aryl methyl sites for hydroxylation is 1. The van der Waals surface area contributed by atoms with Gasteiger partial charge in [0.1, 0.15) is 0 Å². The summed E-state index contributed by atoms with van der Waals surface area (Å²) in [5.74, 6) is 0. The van der Waals surface area contributed by atoms with Gasteiger partial charge >= 0.3 is 0 Å². The summed E-state index contributed by atoms with van der Waals surface area (Å²) in [6.45, 7) is 9.40. The Morgan fingerprint density at radius 1 is 1.44 bits per heavy atom. The fraction of sp³-hybridized carbons (Fsp3) is 0.692. The monoisotopic (exact) mass is 332 g/mol. The van der Waals surface area contributed by atoms with Crippen LogP contribution in [0.25, 0.3) is 0 Å². The third-order valence-electron chi connectivity index (χ3n) is 3.14. The first-order valence-corrected chi connectivity index (χ1v) is 8.12. The first-order chi connectivity index (χ1) is 8.75. The highest BCUT2D eigenvalue weighted by Gasteiger charge is 2.09. The Morgan fingerprint density at radius 3 is 2.89 bits per heavy atom. The molecule has 5 heteroatoms. The minimum atomic E-state index is 0.899. The highest BCUT2D eigenvalue weighted by atomic mass is 79.9. The molecule has 0 aliphatic carbocycles. The first kappa shape index (κ1) is 14.5. The highest BCUT2D eigenvalue weighted by molar-refractivity contribution is 9.10. The number of thiophene rings is 1. The lowest BCUT2D eigenvalue weighted by molar-refractivity contribution is 0.0374. The summed E-state index contributed by atoms with van der Waals surface area (Å²) < 4.78 is 6.57. The molecule has 0 saturated carbocycles. The topological polar surface area (TPSA) is 24.5 Å². The summed E-state index contributed by atoms with van der Waals surface area (Å²) in [5, 5.41) is 3.51. The van der Waals surface area contributed by atoms with Crippen LogP contribution in [0.2, 0.25) is 0 Å². The molecule has 0 atom stereocenters. The SMILES string of the molecule is Cc1sc(CNCCCN2CCOCC2)cc1Br. The summed E-state index contributed by atoms with van der Waals surface area (Å²) in [5.41, 5.74) is 0. The van der Waals surface area contributed by atoms with Crippen molar-refractivity contribution < 1.29 is 4.74 Å². The van der Waals surface area contributed by atoms with Gasteiger partial charge in [-0.25, -0.2) is 0 Å². The molecule has 0 amide bonds. The maximum atomic E-state index is 5.34. The molecule has 1 aromatic rings. The molecule has 102 valence electrons. The van der Waals surface area contributed by atoms with Crippen LogP contribution in [0.3, 0.4) is 0 Å². The number of morpholine rings is 1. The second kappa shape index (κ2) is 7.60. The molecule has 1 saturated heterocycles. The predicted molar refractivity (Wildman–Crippen MR) is 80.3 cm³/mol. The molecule has 1 fully saturated rings. The first-order valence-electron chi connectivity index (χ1n) is 6.51. The van der Waals surface area contributed by atoms with Crippen LogP contribution in [-0.2, 0) is 11.3 Å². The number of ether oxygens (including phenoxy) is 1. The van der Waals surface area contributed by atoms with E-state index in [9.17, 15) is 0 Å². The molecule has 1 aliphatic heterocycles. The van der Waals surface area contributed by atoms with Crippen molar-refractivity contribution in [1.29, 1.82) is 0 Å². The number of nitrogens with one attached hydrogen (secondary N) is 1. The van der Waals surface area contributed by atoms with E-state index in [-0.39, 0.29) is 0 Å². The lowest BCUT2D eigenvalue weighted by Crippen LogP contribution is -2.37. The van der Waals surface area contributed by atoms with Crippen molar-refractivity contribution in [2.24, 2.45) is 0 Å². The zero-order valence-electron chi connectivity index (χ0n) is 10.9. The van der Waals surface area contributed by atoms with Crippen molar-refractivity contribution >= 4 is 27.3 Å². The predicted octanol–water partition coefficient (Wildman–Crippen LogP) is 2.63. The third-order valence-corrected chi connectivity index (χ3v) is 5.28. The Morgan fingerprint density at radius 2 is 2.22 bits per heavy atom. The van der Waals surface area contributed by atoms with Crippen LogP contribution in [-0.4, -0.2) is 44.3 Å². The molecule has 2 heterocycles. The van der Waals surface area contributed by atoms with Gasteiger partial charge in [-0.2, -0.15) is 0 Å². The van der Waals surface area contributed by atoms with Crippen molar-refractivity contribution in [3.05, 3.63) is 20.3 Å². The number of nitrogens with zero attached hydrogens (tertiary/aromatic N) is 1. The van der Waals surface area contributed by atoms with E-state index in [1.807, 2.05) is 11.3 Å². The van der Waals surface area contributed by atoms with Gasteiger partial charge in [-0.15, -0.1) is 11.3 Å². The smallest absolute Gasteiger partial charge is 0.0594 e. The summed E-state index contributed by atoms with van der Waals surface area (Å²) in [6, 6.07) is 2.22. The normalized spacial score (nSPS) is 17.2. The summed E-state index contributed by atoms with van der Waals surface area (Å²) >= 11 is 5.42. The lowest BCUT2D eigenvalue weighted by atomic mass is 10.3. The standard InChI is InChI=1S/C13H21BrN2OS/c1-11-13(14)9-12(18-11)10-15-3-2-4-16-5-7-17-8-6-16/h9,15H,2-8,10H2,1H3. The molecule has 1 N–H and O–H groups in total. The maximum absolute atomic E-state index is 5.34. The second-order valence-corrected chi connectivity index (χ2v) is 6.80. The zero-order chi connectivity index (χ0) is 12.8. The average molecular weight is 333 g/mol. The molecular weight excluding hydrogens is 312 g/mol. The van der Waals surface area contributed by atoms with Crippen LogP contribution in [0.4, 0.5) is 0 Å². The Hall–Kier alpha value is 0.0600. The lowest BCUT2D eigenvalue weighted by Gasteiger charge is -2.26. The van der Waals surface area contributed by atoms with E-state index in [0.717, 1.165) is 39.4 Å². The van der Waals surface area contributed by atoms with Crippen LogP contribution in [0.1, 0.15) is 16.2 Å². The van der Waals surface area contributed by atoms with E-state index in [2.05, 4.69) is 39.1 Å². The molecule has 0 radical (unpaired) electrons. The van der Waals surface area contributed by atoms with Crippen LogP contribution in [0.15, 0.2) is 10.5 Å². The quantitative estimate of drug-likeness (QED) is 0.810. The van der Waals surface area contributed by atoms with Crippen molar-refractivity contribution in [1.82, 2.24) is 10.2 Å². The van der Waals surface area contributed by atoms with Gasteiger partial charge < -0.3 is 10.1 Å². The van der Waals surface area contributed by atoms with E-state index >= 15 is 0 Å². The van der Waals surface area contributed by atoms with E-state index in [4.69, 9.17) is 4.74 Å². The number of hydrogen-bond acceptors (Lipinski definition) is 4. The van der Waals surface area contributed by atoms with Crippen LogP contribution < -0.4 is 5.32 Å². The highest BCUT2D eigenvalue weighted by Crippen LogP contribution is 2.25. The maximum Gasteiger partial charge on any atom is 0.0594 e. The number of halogens is 1. The molecule has 0 aromatic carbocycles. The Kier molecular flexibility index (Phi) is 6.11. The minimum absolute atomic E-state index is 0.899. The number of hydrogen-bond donors (Lipinski definition) is 1. The van der Waals surface area contributed by atoms with Gasteiger partial charge in [0, 0.05) is 33.9 Å². The van der Waals surface area contributed by atoms with Gasteiger partial charge in [-0.1, -0.05) is 0 Å². The van der Waals surface area contributed by atoms with Crippen molar-refractivity contribution in [3.8, 4) is 0 Å². The van der Waals surface area contributed by atoms with E-state index in [0.29, 0.717) is 0 Å². The summed E-state index contributed by atoms with van der Waals surface area (Å²) in [4.78, 5) is 5.25. The van der Waals surface area contributed by atoms with Gasteiger partial charge in [0.2, 0.25) is 0 Å². The average Bonchev–Trinajstić information content (AvgIpc) is 2.70. The molecule has 2 rings (SSSR count). The van der Waals surface area contributed by atoms with Crippen LogP contribution >= 0.6 is 27.3 Å². The van der Waals surface area contributed by atoms with E-state index in [1.165, 1.54) is 27.2 Å². The van der Waals surface area contributed by atoms with Gasteiger partial charge in [-0.3, -0.25) is 4.90 Å². The molecule has 0 unspecified atom stereocenters. The largest absolute Gasteiger partial charge is 0.379 e. The minimum Gasteiger partial charge on any atom is -0.379 e. The zero-order valence-corrected chi connectivity index (χ0v) is 13.3. The molecule has 1 aromatic heterocycles. The molecule has 0 spiro atoms. The second-order valence-electron chi connectivity index (χ2n) is 4.60. The van der Waals surface area contributed by atoms with Gasteiger partial charge in [0.25, 0.3) is 0 Å². The Balaban J connectivity index is 1.55. The van der Waals surface area contributed by atoms with Crippen LogP contribution in [0, 0.1) is 6.92 Å². The van der Waals surface area contributed by atoms with Crippen molar-refractivity contribution in [2.45, 2.75) is 19.9 Å². The van der Waals surface area contributed by atoms with Crippen LogP contribution in [0.5, 0.6) is 0 Å². The summed E-state index contributed by atoms with van der Waals surface area (Å²) in [6.07, 6.45) is 1.21. The fourth-order valence-corrected chi connectivity index (χ4v) is 3.64. The Bertz CT molecular complexity index is 344. The molecule has 3 nitrogen and oxygen atoms in total. The fourth-order valence-electron chi connectivity index (χ4n) is 2.07. The molecule has 18 heavy (non-hydrogen) atoms. The third kappa shape index (κ3) is 4.63. The van der Waals surface area contributed by atoms with Crippen molar-refractivity contribution in [3.63, 3.8) is 0 Å². The van der Waals surface area contributed by atoms with Gasteiger partial charge in [0.05, 0.1) is 13.2 Å². The van der Waals surface area contributed by atoms with E-state index < -0.39 is 0 Å². The van der Waals surface area contributed by atoms with Gasteiger partial charge in [-0.05, 0) is 48.4 Å². The summed E-state index contributed by atoms with van der Waals surface area (Å²) in [7, 11) is 0.